The lowest BCUT2D eigenvalue weighted by Gasteiger charge is -2.44. The Morgan fingerprint density at radius 1 is 1.53 bits per heavy atom. The van der Waals surface area contributed by atoms with E-state index in [0.717, 1.165) is 5.01 Å². The zero-order chi connectivity index (χ0) is 14.0. The Balaban J connectivity index is 2.18. The Hall–Kier alpha value is -0.940. The molecule has 0 radical (unpaired) electrons. The average Bonchev–Trinajstić information content (AvgIpc) is 2.89. The van der Waals surface area contributed by atoms with Gasteiger partial charge in [-0.15, -0.1) is 11.3 Å². The van der Waals surface area contributed by atoms with Crippen LogP contribution in [0, 0.1) is 17.8 Å². The Kier molecular flexibility index (Phi) is 4.26. The Morgan fingerprint density at radius 3 is 2.63 bits per heavy atom. The second kappa shape index (κ2) is 5.59. The van der Waals surface area contributed by atoms with Crippen LogP contribution >= 0.6 is 11.3 Å². The van der Waals surface area contributed by atoms with Gasteiger partial charge in [0.2, 0.25) is 0 Å². The fourth-order valence-electron chi connectivity index (χ4n) is 3.09. The molecule has 1 N–H and O–H groups in total. The molecule has 0 saturated heterocycles. The van der Waals surface area contributed by atoms with Gasteiger partial charge in [-0.2, -0.15) is 0 Å². The molecule has 0 aromatic carbocycles. The molecule has 1 saturated carbocycles. The van der Waals surface area contributed by atoms with Crippen molar-refractivity contribution in [2.24, 2.45) is 17.8 Å². The summed E-state index contributed by atoms with van der Waals surface area (Å²) >= 11 is 1.48. The van der Waals surface area contributed by atoms with E-state index in [-0.39, 0.29) is 23.7 Å². The molecule has 106 valence electrons. The minimum atomic E-state index is -0.919. The van der Waals surface area contributed by atoms with Crippen molar-refractivity contribution in [3.63, 3.8) is 0 Å². The van der Waals surface area contributed by atoms with E-state index < -0.39 is 5.60 Å². The van der Waals surface area contributed by atoms with E-state index in [2.05, 4.69) is 4.98 Å². The normalized spacial score (nSPS) is 35.1. The minimum absolute atomic E-state index is 0.00296. The van der Waals surface area contributed by atoms with Crippen LogP contribution in [0.15, 0.2) is 11.6 Å². The molecule has 2 atom stereocenters. The molecule has 2 unspecified atom stereocenters. The predicted octanol–water partition coefficient (Wildman–Crippen LogP) is 2.58. The number of aliphatic hydroxyl groups is 1. The number of aromatic nitrogens is 1. The maximum absolute atomic E-state index is 11.9. The number of nitrogens with zero attached hydrogens (tertiary/aromatic N) is 1. The molecule has 1 aliphatic carbocycles. The number of carbonyl (C=O) groups is 1. The number of carbonyl (C=O) groups excluding carboxylic acids is 1. The summed E-state index contributed by atoms with van der Waals surface area (Å²) in [7, 11) is 0. The van der Waals surface area contributed by atoms with Crippen molar-refractivity contribution >= 4 is 17.3 Å². The maximum atomic E-state index is 11.9. The van der Waals surface area contributed by atoms with Crippen LogP contribution in [-0.2, 0) is 15.1 Å². The van der Waals surface area contributed by atoms with Crippen molar-refractivity contribution in [3.8, 4) is 0 Å². The van der Waals surface area contributed by atoms with Crippen molar-refractivity contribution in [2.75, 3.05) is 6.61 Å². The van der Waals surface area contributed by atoms with Crippen molar-refractivity contribution in [1.29, 1.82) is 0 Å². The third-order valence-electron chi connectivity index (χ3n) is 4.17. The topological polar surface area (TPSA) is 59.4 Å². The summed E-state index contributed by atoms with van der Waals surface area (Å²) in [5.74, 6) is -0.249. The molecular formula is C14H21NO3S. The van der Waals surface area contributed by atoms with Crippen molar-refractivity contribution in [1.82, 2.24) is 4.98 Å². The number of rotatable bonds is 3. The molecule has 5 heteroatoms. The van der Waals surface area contributed by atoms with Crippen LogP contribution < -0.4 is 0 Å². The highest BCUT2D eigenvalue weighted by Gasteiger charge is 2.49. The third kappa shape index (κ3) is 2.54. The van der Waals surface area contributed by atoms with E-state index in [4.69, 9.17) is 4.74 Å². The molecule has 0 aliphatic heterocycles. The van der Waals surface area contributed by atoms with Gasteiger partial charge in [-0.05, 0) is 31.6 Å². The van der Waals surface area contributed by atoms with Gasteiger partial charge < -0.3 is 9.84 Å². The van der Waals surface area contributed by atoms with Crippen molar-refractivity contribution in [3.05, 3.63) is 16.6 Å². The molecule has 1 fully saturated rings. The van der Waals surface area contributed by atoms with E-state index >= 15 is 0 Å². The largest absolute Gasteiger partial charge is 0.466 e. The first-order valence-electron chi connectivity index (χ1n) is 6.79. The molecule has 0 amide bonds. The number of hydrogen-bond acceptors (Lipinski definition) is 5. The van der Waals surface area contributed by atoms with E-state index in [1.807, 2.05) is 26.2 Å². The second-order valence-electron chi connectivity index (χ2n) is 5.39. The number of hydrogen-bond donors (Lipinski definition) is 1. The van der Waals surface area contributed by atoms with E-state index in [1.165, 1.54) is 11.3 Å². The Labute approximate surface area is 117 Å². The first kappa shape index (κ1) is 14.5. The van der Waals surface area contributed by atoms with Crippen LogP contribution in [0.4, 0.5) is 0 Å². The Morgan fingerprint density at radius 2 is 2.16 bits per heavy atom. The van der Waals surface area contributed by atoms with Crippen LogP contribution in [0.1, 0.15) is 38.6 Å². The second-order valence-corrected chi connectivity index (χ2v) is 6.28. The monoisotopic (exact) mass is 283 g/mol. The van der Waals surface area contributed by atoms with Crippen LogP contribution in [-0.4, -0.2) is 22.7 Å². The third-order valence-corrected chi connectivity index (χ3v) is 5.09. The first-order chi connectivity index (χ1) is 9.00. The summed E-state index contributed by atoms with van der Waals surface area (Å²) < 4.78 is 5.10. The summed E-state index contributed by atoms with van der Waals surface area (Å²) in [6, 6.07) is 0. The standard InChI is InChI=1S/C14H21NO3S/c1-4-18-12(16)11-7-9(2)14(17,10(3)8-11)13-15-5-6-19-13/h5-6,9-11,17H,4,7-8H2,1-3H3. The fraction of sp³-hybridized carbons (Fsp3) is 0.714. The molecule has 2 rings (SSSR count). The molecule has 1 aromatic heterocycles. The molecule has 0 bridgehead atoms. The molecule has 0 spiro atoms. The van der Waals surface area contributed by atoms with Gasteiger partial charge in [0.05, 0.1) is 12.5 Å². The smallest absolute Gasteiger partial charge is 0.308 e. The quantitative estimate of drug-likeness (QED) is 0.866. The van der Waals surface area contributed by atoms with Gasteiger partial charge in [-0.3, -0.25) is 4.79 Å². The number of esters is 1. The van der Waals surface area contributed by atoms with E-state index in [1.54, 1.807) is 6.20 Å². The highest BCUT2D eigenvalue weighted by molar-refractivity contribution is 7.09. The lowest BCUT2D eigenvalue weighted by molar-refractivity contribution is -0.158. The van der Waals surface area contributed by atoms with Crippen LogP contribution in [0.25, 0.3) is 0 Å². The summed E-state index contributed by atoms with van der Waals surface area (Å²) in [5, 5.41) is 13.6. The van der Waals surface area contributed by atoms with Gasteiger partial charge in [0, 0.05) is 11.6 Å². The zero-order valence-electron chi connectivity index (χ0n) is 11.6. The van der Waals surface area contributed by atoms with Crippen LogP contribution in [0.5, 0.6) is 0 Å². The van der Waals surface area contributed by atoms with Gasteiger partial charge in [0.1, 0.15) is 10.6 Å². The van der Waals surface area contributed by atoms with Gasteiger partial charge in [0.25, 0.3) is 0 Å². The van der Waals surface area contributed by atoms with Gasteiger partial charge in [-0.25, -0.2) is 4.98 Å². The lowest BCUT2D eigenvalue weighted by Crippen LogP contribution is -2.47. The van der Waals surface area contributed by atoms with E-state index in [9.17, 15) is 9.90 Å². The molecule has 4 nitrogen and oxygen atoms in total. The summed E-state index contributed by atoms with van der Waals surface area (Å²) in [5.41, 5.74) is -0.919. The predicted molar refractivity (Wildman–Crippen MR) is 73.7 cm³/mol. The highest BCUT2D eigenvalue weighted by Crippen LogP contribution is 2.48. The molecule has 1 aliphatic rings. The molecular weight excluding hydrogens is 262 g/mol. The van der Waals surface area contributed by atoms with Crippen molar-refractivity contribution in [2.45, 2.75) is 39.2 Å². The Bertz CT molecular complexity index is 420. The van der Waals surface area contributed by atoms with Crippen LogP contribution in [0.2, 0.25) is 0 Å². The van der Waals surface area contributed by atoms with Crippen molar-refractivity contribution < 1.29 is 14.6 Å². The first-order valence-corrected chi connectivity index (χ1v) is 7.67. The highest BCUT2D eigenvalue weighted by atomic mass is 32.1. The zero-order valence-corrected chi connectivity index (χ0v) is 12.4. The van der Waals surface area contributed by atoms with Gasteiger partial charge in [0.15, 0.2) is 0 Å². The summed E-state index contributed by atoms with van der Waals surface area (Å²) in [4.78, 5) is 16.1. The molecule has 19 heavy (non-hydrogen) atoms. The van der Waals surface area contributed by atoms with E-state index in [0.29, 0.717) is 19.4 Å². The maximum Gasteiger partial charge on any atom is 0.308 e. The van der Waals surface area contributed by atoms with Gasteiger partial charge >= 0.3 is 5.97 Å². The number of ether oxygens (including phenoxy) is 1. The SMILES string of the molecule is CCOC(=O)C1CC(C)C(O)(c2nccs2)C(C)C1. The fourth-order valence-corrected chi connectivity index (χ4v) is 4.05. The number of thiazole rings is 1. The summed E-state index contributed by atoms with van der Waals surface area (Å²) in [6.45, 7) is 6.21. The summed E-state index contributed by atoms with van der Waals surface area (Å²) in [6.07, 6.45) is 3.02. The van der Waals surface area contributed by atoms with Gasteiger partial charge in [-0.1, -0.05) is 13.8 Å². The molecule has 1 aromatic rings. The van der Waals surface area contributed by atoms with Crippen LogP contribution in [0.3, 0.4) is 0 Å². The lowest BCUT2D eigenvalue weighted by atomic mass is 9.66. The minimum Gasteiger partial charge on any atom is -0.466 e. The average molecular weight is 283 g/mol. The molecule has 1 heterocycles.